The summed E-state index contributed by atoms with van der Waals surface area (Å²) in [4.78, 5) is 52.3. The summed E-state index contributed by atoms with van der Waals surface area (Å²) in [5.74, 6) is -10.8. The van der Waals surface area contributed by atoms with Crippen LogP contribution in [0, 0.1) is 17.7 Å². The maximum Gasteiger partial charge on any atom is 0.255 e. The number of anilines is 1. The van der Waals surface area contributed by atoms with Gasteiger partial charge in [-0.05, 0) is 32.9 Å². The molecule has 0 radical (unpaired) electrons. The lowest BCUT2D eigenvalue weighted by atomic mass is 9.57. The molecule has 0 bridgehead atoms. The largest absolute Gasteiger partial charge is 0.508 e. The number of aromatic hydroxyl groups is 1. The molecule has 8 N–H and O–H groups in total. The fourth-order valence-corrected chi connectivity index (χ4v) is 5.85. The first-order chi connectivity index (χ1) is 18.6. The van der Waals surface area contributed by atoms with E-state index in [1.165, 1.54) is 19.0 Å². The topological polar surface area (TPSA) is 203 Å². The van der Waals surface area contributed by atoms with Crippen LogP contribution < -0.4 is 16.4 Å². The molecule has 4 rings (SSSR count). The Balaban J connectivity index is 1.81. The van der Waals surface area contributed by atoms with Gasteiger partial charge in [-0.15, -0.1) is 0 Å². The number of nitrogens with zero attached hydrogens (tertiary/aromatic N) is 1. The minimum atomic E-state index is -2.86. The number of benzene rings is 1. The van der Waals surface area contributed by atoms with Crippen LogP contribution in [0.3, 0.4) is 0 Å². The van der Waals surface area contributed by atoms with Gasteiger partial charge in [0.25, 0.3) is 12.3 Å². The molecule has 3 aliphatic carbocycles. The maximum atomic E-state index is 15.2. The predicted octanol–water partition coefficient (Wildman–Crippen LogP) is -0.104. The molecule has 3 aliphatic rings. The molecule has 2 amide bonds. The molecule has 1 saturated carbocycles. The third-order valence-electron chi connectivity index (χ3n) is 7.52. The van der Waals surface area contributed by atoms with Crippen LogP contribution in [0.25, 0.3) is 5.76 Å². The van der Waals surface area contributed by atoms with Gasteiger partial charge in [0.05, 0.1) is 30.4 Å². The van der Waals surface area contributed by atoms with Crippen molar-refractivity contribution >= 4 is 34.8 Å². The summed E-state index contributed by atoms with van der Waals surface area (Å²) < 4.78 is 39.8. The summed E-state index contributed by atoms with van der Waals surface area (Å²) in [6.45, 7) is -1.40. The van der Waals surface area contributed by atoms with Gasteiger partial charge < -0.3 is 36.8 Å². The molecule has 0 aliphatic heterocycles. The van der Waals surface area contributed by atoms with Crippen LogP contribution in [0.2, 0.25) is 0 Å². The van der Waals surface area contributed by atoms with Crippen molar-refractivity contribution in [3.63, 3.8) is 0 Å². The van der Waals surface area contributed by atoms with Crippen molar-refractivity contribution in [1.29, 1.82) is 0 Å². The number of aliphatic hydroxyl groups is 3. The van der Waals surface area contributed by atoms with Crippen LogP contribution in [-0.2, 0) is 25.6 Å². The van der Waals surface area contributed by atoms with E-state index in [1.807, 2.05) is 0 Å². The van der Waals surface area contributed by atoms with E-state index in [0.717, 1.165) is 6.07 Å². The van der Waals surface area contributed by atoms with Gasteiger partial charge >= 0.3 is 0 Å². The maximum absolute atomic E-state index is 15.2. The molecule has 12 nitrogen and oxygen atoms in total. The number of aliphatic hydroxyl groups excluding tert-OH is 2. The number of carbonyl (C=O) groups excluding carboxylic acids is 4. The molecule has 40 heavy (non-hydrogen) atoms. The second-order valence-corrected chi connectivity index (χ2v) is 10.1. The zero-order valence-electron chi connectivity index (χ0n) is 21.3. The normalized spacial score (nSPS) is 26.1. The number of phenolic OH excluding ortho intramolecular Hbond substituents is 1. The second-order valence-electron chi connectivity index (χ2n) is 10.1. The lowest BCUT2D eigenvalue weighted by Crippen LogP contribution is -2.65. The fraction of sp³-hybridized carbons (Fsp3) is 0.440. The molecule has 4 atom stereocenters. The highest BCUT2D eigenvalue weighted by Crippen LogP contribution is 2.53. The molecule has 0 aromatic heterocycles. The first kappa shape index (κ1) is 29.0. The smallest absolute Gasteiger partial charge is 0.255 e. The van der Waals surface area contributed by atoms with E-state index in [2.05, 4.69) is 10.6 Å². The molecule has 216 valence electrons. The van der Waals surface area contributed by atoms with E-state index in [0.29, 0.717) is 0 Å². The van der Waals surface area contributed by atoms with Gasteiger partial charge in [0.2, 0.25) is 11.7 Å². The number of nitrogens with one attached hydrogen (secondary N) is 2. The lowest BCUT2D eigenvalue weighted by Gasteiger charge is -2.50. The average Bonchev–Trinajstić information content (AvgIpc) is 2.83. The first-order valence-corrected chi connectivity index (χ1v) is 12.1. The van der Waals surface area contributed by atoms with Crippen molar-refractivity contribution in [2.24, 2.45) is 17.6 Å². The molecule has 15 heteroatoms. The van der Waals surface area contributed by atoms with Crippen LogP contribution in [0.5, 0.6) is 5.75 Å². The van der Waals surface area contributed by atoms with E-state index in [4.69, 9.17) is 5.73 Å². The third kappa shape index (κ3) is 4.39. The Hall–Kier alpha value is -3.95. The van der Waals surface area contributed by atoms with Crippen molar-refractivity contribution < 1.29 is 52.8 Å². The SMILES string of the molecule is CN(C)[C@@H]1C(=O)C(C(N)=O)=C(O)[C@@]2(O)C(=O)C3=C(O)c4c(O)c(NC(=O)CNCC(F)F)cc(F)c4C[C@H]3C[C@@H]12. The number of ketones is 2. The van der Waals surface area contributed by atoms with E-state index in [9.17, 15) is 48.4 Å². The number of likely N-dealkylation sites (N-methyl/N-ethyl adjacent to an activating group) is 1. The number of carbonyl (C=O) groups is 4. The Kier molecular flexibility index (Phi) is 7.42. The van der Waals surface area contributed by atoms with Gasteiger partial charge in [-0.25, -0.2) is 13.2 Å². The average molecular weight is 569 g/mol. The Morgan fingerprint density at radius 3 is 2.45 bits per heavy atom. The molecule has 1 aromatic rings. The highest BCUT2D eigenvalue weighted by atomic mass is 19.3. The first-order valence-electron chi connectivity index (χ1n) is 12.1. The Morgan fingerprint density at radius 2 is 1.88 bits per heavy atom. The number of halogens is 3. The number of fused-ring (bicyclic) bond motifs is 3. The van der Waals surface area contributed by atoms with Gasteiger partial charge in [-0.3, -0.25) is 24.1 Å². The fourth-order valence-electron chi connectivity index (χ4n) is 5.85. The van der Waals surface area contributed by atoms with Crippen molar-refractivity contribution in [3.8, 4) is 5.75 Å². The van der Waals surface area contributed by atoms with Crippen molar-refractivity contribution in [3.05, 3.63) is 39.9 Å². The highest BCUT2D eigenvalue weighted by Gasteiger charge is 2.64. The number of alkyl halides is 2. The number of hydrogen-bond acceptors (Lipinski definition) is 10. The number of rotatable bonds is 7. The van der Waals surface area contributed by atoms with E-state index in [-0.39, 0.29) is 18.4 Å². The quantitative estimate of drug-likeness (QED) is 0.172. The second kappa shape index (κ2) is 10.2. The van der Waals surface area contributed by atoms with Gasteiger partial charge in [0.1, 0.15) is 22.9 Å². The van der Waals surface area contributed by atoms with Gasteiger partial charge in [-0.2, -0.15) is 0 Å². The molecular weight excluding hydrogens is 541 g/mol. The number of primary amides is 1. The molecule has 0 saturated heterocycles. The molecular formula is C25H27F3N4O8. The summed E-state index contributed by atoms with van der Waals surface area (Å²) in [5.41, 5.74) is -0.377. The van der Waals surface area contributed by atoms with Crippen molar-refractivity contribution in [2.45, 2.75) is 30.9 Å². The monoisotopic (exact) mass is 568 g/mol. The standard InChI is InChI=1S/C25H27F3N4O8/c1-32(2)18-10-4-8-3-9-11(26)5-12(31-14(33)7-30-6-13(27)28)19(34)16(9)20(35)15(8)22(37)25(10,40)23(38)17(21(18)36)24(29)39/h5,8,10,13,18,30,34-35,38,40H,3-4,6-7H2,1-2H3,(H2,29,39)(H,31,33)/t8-,10-,18-,25-/m0/s1. The van der Waals surface area contributed by atoms with E-state index < -0.39 is 112 Å². The number of phenols is 1. The number of amides is 2. The zero-order valence-corrected chi connectivity index (χ0v) is 21.3. The van der Waals surface area contributed by atoms with Crippen LogP contribution >= 0.6 is 0 Å². The van der Waals surface area contributed by atoms with Crippen LogP contribution in [0.15, 0.2) is 23.0 Å². The van der Waals surface area contributed by atoms with Crippen LogP contribution in [-0.4, -0.2) is 94.0 Å². The predicted molar refractivity (Wildman–Crippen MR) is 132 cm³/mol. The van der Waals surface area contributed by atoms with E-state index >= 15 is 4.39 Å². The van der Waals surface area contributed by atoms with E-state index in [1.54, 1.807) is 0 Å². The minimum absolute atomic E-state index is 0.222. The summed E-state index contributed by atoms with van der Waals surface area (Å²) in [7, 11) is 2.90. The molecule has 0 spiro atoms. The van der Waals surface area contributed by atoms with Gasteiger partial charge in [-0.1, -0.05) is 0 Å². The summed E-state index contributed by atoms with van der Waals surface area (Å²) in [6.07, 6.45) is -3.23. The molecule has 1 aromatic carbocycles. The summed E-state index contributed by atoms with van der Waals surface area (Å²) in [6, 6.07) is -0.522. The Labute approximate surface area is 224 Å². The lowest BCUT2D eigenvalue weighted by molar-refractivity contribution is -0.153. The zero-order chi connectivity index (χ0) is 29.8. The number of nitrogens with two attached hydrogens (primary N) is 1. The molecule has 0 heterocycles. The molecule has 0 unspecified atom stereocenters. The van der Waals surface area contributed by atoms with Gasteiger partial charge in [0.15, 0.2) is 17.1 Å². The minimum Gasteiger partial charge on any atom is -0.508 e. The Bertz CT molecular complexity index is 1390. The van der Waals surface area contributed by atoms with Gasteiger partial charge in [0, 0.05) is 23.1 Å². The van der Waals surface area contributed by atoms with Crippen molar-refractivity contribution in [2.75, 3.05) is 32.5 Å². The highest BCUT2D eigenvalue weighted by molar-refractivity contribution is 6.24. The van der Waals surface area contributed by atoms with Crippen LogP contribution in [0.4, 0.5) is 18.9 Å². The van der Waals surface area contributed by atoms with Crippen molar-refractivity contribution in [1.82, 2.24) is 10.2 Å². The third-order valence-corrected chi connectivity index (χ3v) is 7.52. The Morgan fingerprint density at radius 1 is 1.23 bits per heavy atom. The number of Topliss-reactive ketones (excluding diaryl/α,β-unsaturated/α-hetero) is 2. The van der Waals surface area contributed by atoms with Crippen LogP contribution in [0.1, 0.15) is 17.5 Å². The summed E-state index contributed by atoms with van der Waals surface area (Å²) in [5, 5.41) is 48.6. The summed E-state index contributed by atoms with van der Waals surface area (Å²) >= 11 is 0. The number of hydrogen-bond donors (Lipinski definition) is 7. The molecule has 1 fully saturated rings.